The highest BCUT2D eigenvalue weighted by Crippen LogP contribution is 2.45. The summed E-state index contributed by atoms with van der Waals surface area (Å²) in [5.74, 6) is 0. The Bertz CT molecular complexity index is 4380. The number of fused-ring (bicyclic) bond motifs is 15. The van der Waals surface area contributed by atoms with Crippen LogP contribution in [0.15, 0.2) is 223 Å². The first-order chi connectivity index (χ1) is 32.3. The van der Waals surface area contributed by atoms with Crippen molar-refractivity contribution < 1.29 is 4.42 Å². The molecule has 0 aliphatic heterocycles. The molecule has 0 saturated heterocycles. The Hall–Kier alpha value is -8.80. The van der Waals surface area contributed by atoms with Crippen LogP contribution in [0, 0.1) is 0 Å². The van der Waals surface area contributed by atoms with Gasteiger partial charge in [0.25, 0.3) is 0 Å². The maximum absolute atomic E-state index is 6.71. The van der Waals surface area contributed by atoms with E-state index in [-0.39, 0.29) is 0 Å². The van der Waals surface area contributed by atoms with E-state index in [9.17, 15) is 0 Å². The Morgan fingerprint density at radius 3 is 1.08 bits per heavy atom. The Labute approximate surface area is 371 Å². The standard InChI is InChI=1S/C60H36N4O/c1-8-22-48-39(15-1)40-16-2-9-23-49(40)61(48)37-29-31-54-46(35-37)43-19-5-12-26-52(43)63(54)56-33-34-58-59(45-21-7-14-28-57(45)65-58)60(56)64-53-27-13-6-20-44(53)47-36-38(30-32-55(47)64)62-50-24-10-3-17-41(50)42-18-4-11-25-51(42)62/h1-36H. The van der Waals surface area contributed by atoms with Crippen molar-refractivity contribution in [1.82, 2.24) is 18.3 Å². The van der Waals surface area contributed by atoms with Gasteiger partial charge in [0.1, 0.15) is 11.2 Å². The van der Waals surface area contributed by atoms with Crippen LogP contribution < -0.4 is 0 Å². The Morgan fingerprint density at radius 2 is 0.600 bits per heavy atom. The average molecular weight is 829 g/mol. The lowest BCUT2D eigenvalue weighted by Crippen LogP contribution is -2.04. The topological polar surface area (TPSA) is 32.9 Å². The third kappa shape index (κ3) is 4.65. The first-order valence-corrected chi connectivity index (χ1v) is 22.3. The molecule has 0 saturated carbocycles. The molecule has 65 heavy (non-hydrogen) atoms. The van der Waals surface area contributed by atoms with Crippen LogP contribution in [-0.2, 0) is 0 Å². The second-order valence-electron chi connectivity index (χ2n) is 17.3. The van der Waals surface area contributed by atoms with Gasteiger partial charge in [0.2, 0.25) is 0 Å². The lowest BCUT2D eigenvalue weighted by molar-refractivity contribution is 0.669. The zero-order chi connectivity index (χ0) is 42.3. The molecule has 10 aromatic carbocycles. The van der Waals surface area contributed by atoms with E-state index in [0.717, 1.165) is 66.8 Å². The second kappa shape index (κ2) is 12.9. The predicted molar refractivity (Wildman–Crippen MR) is 271 cm³/mol. The third-order valence-electron chi connectivity index (χ3n) is 13.9. The molecule has 5 heteroatoms. The summed E-state index contributed by atoms with van der Waals surface area (Å²) >= 11 is 0. The number of rotatable bonds is 4. The highest BCUT2D eigenvalue weighted by molar-refractivity contribution is 6.18. The molecule has 0 bridgehead atoms. The zero-order valence-electron chi connectivity index (χ0n) is 35.0. The zero-order valence-corrected chi connectivity index (χ0v) is 35.0. The van der Waals surface area contributed by atoms with Gasteiger partial charge in [-0.05, 0) is 91.0 Å². The molecule has 0 fully saturated rings. The van der Waals surface area contributed by atoms with Crippen molar-refractivity contribution in [3.05, 3.63) is 218 Å². The maximum atomic E-state index is 6.71. The molecule has 0 aliphatic carbocycles. The molecule has 0 amide bonds. The first kappa shape index (κ1) is 34.7. The van der Waals surface area contributed by atoms with Gasteiger partial charge in [-0.25, -0.2) is 0 Å². The fraction of sp³-hybridized carbons (Fsp3) is 0. The minimum Gasteiger partial charge on any atom is -0.456 e. The van der Waals surface area contributed by atoms with E-state index in [1.54, 1.807) is 0 Å². The van der Waals surface area contributed by atoms with Gasteiger partial charge in [0.05, 0.1) is 60.9 Å². The maximum Gasteiger partial charge on any atom is 0.137 e. The molecule has 0 N–H and O–H groups in total. The lowest BCUT2D eigenvalue weighted by Gasteiger charge is -2.18. The van der Waals surface area contributed by atoms with Crippen molar-refractivity contribution >= 4 is 109 Å². The van der Waals surface area contributed by atoms with Crippen molar-refractivity contribution in [2.24, 2.45) is 0 Å². The molecule has 5 heterocycles. The second-order valence-corrected chi connectivity index (χ2v) is 17.3. The summed E-state index contributed by atoms with van der Waals surface area (Å²) in [7, 11) is 0. The van der Waals surface area contributed by atoms with Crippen LogP contribution in [0.3, 0.4) is 0 Å². The summed E-state index contributed by atoms with van der Waals surface area (Å²) in [4.78, 5) is 0. The molecule has 0 unspecified atom stereocenters. The van der Waals surface area contributed by atoms with Crippen LogP contribution in [0.1, 0.15) is 0 Å². The first-order valence-electron chi connectivity index (χ1n) is 22.3. The Balaban J connectivity index is 1.04. The highest BCUT2D eigenvalue weighted by Gasteiger charge is 2.25. The Kier molecular flexibility index (Phi) is 6.89. The summed E-state index contributed by atoms with van der Waals surface area (Å²) in [5, 5.41) is 12.0. The highest BCUT2D eigenvalue weighted by atomic mass is 16.3. The van der Waals surface area contributed by atoms with Crippen molar-refractivity contribution in [2.45, 2.75) is 0 Å². The largest absolute Gasteiger partial charge is 0.456 e. The molecule has 5 nitrogen and oxygen atoms in total. The number of benzene rings is 10. The number of para-hydroxylation sites is 7. The fourth-order valence-corrected chi connectivity index (χ4v) is 11.3. The van der Waals surface area contributed by atoms with Gasteiger partial charge in [0.15, 0.2) is 0 Å². The van der Waals surface area contributed by atoms with Gasteiger partial charge < -0.3 is 22.7 Å². The van der Waals surface area contributed by atoms with E-state index in [4.69, 9.17) is 4.42 Å². The van der Waals surface area contributed by atoms with Crippen molar-refractivity contribution in [2.75, 3.05) is 0 Å². The molecular weight excluding hydrogens is 793 g/mol. The van der Waals surface area contributed by atoms with Crippen LogP contribution in [0.4, 0.5) is 0 Å². The van der Waals surface area contributed by atoms with Gasteiger partial charge in [-0.3, -0.25) is 0 Å². The van der Waals surface area contributed by atoms with Crippen LogP contribution in [0.2, 0.25) is 0 Å². The Morgan fingerprint density at radius 1 is 0.246 bits per heavy atom. The molecule has 0 radical (unpaired) electrons. The number of hydrogen-bond acceptors (Lipinski definition) is 1. The van der Waals surface area contributed by atoms with Crippen LogP contribution in [0.5, 0.6) is 0 Å². The molecule has 15 aromatic rings. The number of aromatic nitrogens is 4. The van der Waals surface area contributed by atoms with Gasteiger partial charge >= 0.3 is 0 Å². The quantitative estimate of drug-likeness (QED) is 0.174. The lowest BCUT2D eigenvalue weighted by atomic mass is 10.1. The van der Waals surface area contributed by atoms with Gasteiger partial charge in [-0.15, -0.1) is 0 Å². The van der Waals surface area contributed by atoms with Crippen LogP contribution >= 0.6 is 0 Å². The van der Waals surface area contributed by atoms with Gasteiger partial charge in [-0.2, -0.15) is 0 Å². The minimum absolute atomic E-state index is 0.854. The smallest absolute Gasteiger partial charge is 0.137 e. The molecule has 0 spiro atoms. The molecular formula is C60H36N4O. The van der Waals surface area contributed by atoms with Crippen molar-refractivity contribution in [1.29, 1.82) is 0 Å². The molecule has 0 aliphatic rings. The van der Waals surface area contributed by atoms with E-state index in [1.807, 2.05) is 0 Å². The van der Waals surface area contributed by atoms with E-state index in [2.05, 4.69) is 237 Å². The monoisotopic (exact) mass is 828 g/mol. The third-order valence-corrected chi connectivity index (χ3v) is 13.9. The van der Waals surface area contributed by atoms with Gasteiger partial charge in [0, 0.05) is 59.9 Å². The summed E-state index contributed by atoms with van der Waals surface area (Å²) < 4.78 is 16.5. The molecule has 0 atom stereocenters. The normalized spacial score (nSPS) is 12.3. The minimum atomic E-state index is 0.854. The van der Waals surface area contributed by atoms with Gasteiger partial charge in [-0.1, -0.05) is 127 Å². The van der Waals surface area contributed by atoms with Crippen molar-refractivity contribution in [3.63, 3.8) is 0 Å². The summed E-state index contributed by atoms with van der Waals surface area (Å²) in [5.41, 5.74) is 15.5. The summed E-state index contributed by atoms with van der Waals surface area (Å²) in [6, 6.07) is 79.6. The molecule has 5 aromatic heterocycles. The van der Waals surface area contributed by atoms with E-state index >= 15 is 0 Å². The average Bonchev–Trinajstić information content (AvgIpc) is 4.16. The van der Waals surface area contributed by atoms with E-state index in [1.165, 1.54) is 65.2 Å². The summed E-state index contributed by atoms with van der Waals surface area (Å²) in [6.45, 7) is 0. The number of furan rings is 1. The predicted octanol–water partition coefficient (Wildman–Crippen LogP) is 16.0. The van der Waals surface area contributed by atoms with Crippen LogP contribution in [0.25, 0.3) is 132 Å². The van der Waals surface area contributed by atoms with E-state index < -0.39 is 0 Å². The van der Waals surface area contributed by atoms with E-state index in [0.29, 0.717) is 0 Å². The molecule has 15 rings (SSSR count). The summed E-state index contributed by atoms with van der Waals surface area (Å²) in [6.07, 6.45) is 0. The fourth-order valence-electron chi connectivity index (χ4n) is 11.3. The van der Waals surface area contributed by atoms with Crippen LogP contribution in [-0.4, -0.2) is 18.3 Å². The van der Waals surface area contributed by atoms with Crippen molar-refractivity contribution in [3.8, 4) is 22.7 Å². The molecule has 302 valence electrons. The SMILES string of the molecule is c1ccc2c(c1)oc1ccc(-n3c4ccccc4c4cc(-n5c6ccccc6c6ccccc65)ccc43)c(-n3c4ccccc4c4cc(-n5c6ccccc6c6ccccc65)ccc43)c12. The number of nitrogens with zero attached hydrogens (tertiary/aromatic N) is 4. The number of hydrogen-bond donors (Lipinski definition) is 0.